The molecule has 2 aliphatic rings. The van der Waals surface area contributed by atoms with Gasteiger partial charge in [0.2, 0.25) is 5.91 Å². The molecule has 2 N–H and O–H groups in total. The summed E-state index contributed by atoms with van der Waals surface area (Å²) in [6.07, 6.45) is 7.78. The average molecular weight is 226 g/mol. The van der Waals surface area contributed by atoms with Crippen LogP contribution in [-0.4, -0.2) is 30.0 Å². The minimum atomic E-state index is 0.319. The highest BCUT2D eigenvalue weighted by atomic mass is 16.6. The van der Waals surface area contributed by atoms with Crippen LogP contribution < -0.4 is 5.90 Å². The van der Waals surface area contributed by atoms with Gasteiger partial charge in [-0.25, -0.2) is 5.90 Å². The topological polar surface area (TPSA) is 55.6 Å². The van der Waals surface area contributed by atoms with E-state index in [1.54, 1.807) is 0 Å². The van der Waals surface area contributed by atoms with Gasteiger partial charge >= 0.3 is 0 Å². The van der Waals surface area contributed by atoms with Gasteiger partial charge < -0.3 is 9.74 Å². The molecule has 2 rings (SSSR count). The number of hydrogen-bond acceptors (Lipinski definition) is 3. The summed E-state index contributed by atoms with van der Waals surface area (Å²) in [5.41, 5.74) is 0. The summed E-state index contributed by atoms with van der Waals surface area (Å²) < 4.78 is 0. The number of carbonyl (C=O) groups is 1. The summed E-state index contributed by atoms with van der Waals surface area (Å²) in [5.74, 6) is 5.76. The maximum absolute atomic E-state index is 12.2. The summed E-state index contributed by atoms with van der Waals surface area (Å²) in [6, 6.07) is 0.366. The Kier molecular flexibility index (Phi) is 4.18. The average Bonchev–Trinajstić information content (AvgIpc) is 2.24. The first-order valence-electron chi connectivity index (χ1n) is 6.45. The third-order valence-corrected chi connectivity index (χ3v) is 3.93. The molecule has 4 heteroatoms. The predicted octanol–water partition coefficient (Wildman–Crippen LogP) is 1.45. The first-order chi connectivity index (χ1) is 7.83. The molecule has 1 unspecified atom stereocenters. The van der Waals surface area contributed by atoms with E-state index in [0.717, 1.165) is 38.6 Å². The Labute approximate surface area is 97.1 Å². The van der Waals surface area contributed by atoms with Crippen molar-refractivity contribution in [2.45, 2.75) is 51.0 Å². The quantitative estimate of drug-likeness (QED) is 0.738. The highest BCUT2D eigenvalue weighted by Crippen LogP contribution is 2.31. The number of piperidine rings is 1. The third kappa shape index (κ3) is 2.55. The number of hydrogen-bond donors (Lipinski definition) is 1. The van der Waals surface area contributed by atoms with Crippen LogP contribution in [0.1, 0.15) is 44.9 Å². The first-order valence-corrected chi connectivity index (χ1v) is 6.45. The lowest BCUT2D eigenvalue weighted by Crippen LogP contribution is -2.48. The van der Waals surface area contributed by atoms with Gasteiger partial charge in [-0.05, 0) is 38.5 Å². The number of likely N-dealkylation sites (tertiary alicyclic amines) is 1. The summed E-state index contributed by atoms with van der Waals surface area (Å²) in [7, 11) is 0. The van der Waals surface area contributed by atoms with E-state index in [1.165, 1.54) is 12.8 Å². The van der Waals surface area contributed by atoms with Gasteiger partial charge in [0, 0.05) is 18.5 Å². The molecule has 1 amide bonds. The summed E-state index contributed by atoms with van der Waals surface area (Å²) in [6.45, 7) is 1.49. The Balaban J connectivity index is 1.89. The van der Waals surface area contributed by atoms with Crippen molar-refractivity contribution in [1.29, 1.82) is 0 Å². The zero-order valence-corrected chi connectivity index (χ0v) is 9.86. The number of nitrogens with zero attached hydrogens (tertiary/aromatic N) is 1. The van der Waals surface area contributed by atoms with E-state index in [2.05, 4.69) is 9.74 Å². The van der Waals surface area contributed by atoms with Crippen molar-refractivity contribution in [2.75, 3.05) is 13.2 Å². The Bertz CT molecular complexity index is 241. The fourth-order valence-electron chi connectivity index (χ4n) is 2.68. The molecule has 0 spiro atoms. The zero-order valence-electron chi connectivity index (χ0n) is 9.86. The SMILES string of the molecule is NOCCC1CCCCN1C(=O)C1CCC1. The minimum absolute atomic E-state index is 0.319. The maximum Gasteiger partial charge on any atom is 0.225 e. The maximum atomic E-state index is 12.2. The Morgan fingerprint density at radius 2 is 2.06 bits per heavy atom. The molecule has 0 aromatic carbocycles. The molecule has 1 saturated carbocycles. The van der Waals surface area contributed by atoms with Crippen LogP contribution in [0.4, 0.5) is 0 Å². The molecule has 1 aliphatic heterocycles. The van der Waals surface area contributed by atoms with E-state index < -0.39 is 0 Å². The fourth-order valence-corrected chi connectivity index (χ4v) is 2.68. The van der Waals surface area contributed by atoms with Gasteiger partial charge in [-0.1, -0.05) is 6.42 Å². The summed E-state index contributed by atoms with van der Waals surface area (Å²) in [5, 5.41) is 0. The summed E-state index contributed by atoms with van der Waals surface area (Å²) >= 11 is 0. The monoisotopic (exact) mass is 226 g/mol. The molecule has 0 aromatic heterocycles. The zero-order chi connectivity index (χ0) is 11.4. The number of nitrogens with two attached hydrogens (primary N) is 1. The Morgan fingerprint density at radius 3 is 2.69 bits per heavy atom. The van der Waals surface area contributed by atoms with Crippen LogP contribution in [0.3, 0.4) is 0 Å². The Hall–Kier alpha value is -0.610. The van der Waals surface area contributed by atoms with Gasteiger partial charge in [-0.2, -0.15) is 0 Å². The van der Waals surface area contributed by atoms with Crippen LogP contribution >= 0.6 is 0 Å². The molecule has 0 bridgehead atoms. The lowest BCUT2D eigenvalue weighted by molar-refractivity contribution is -0.142. The molecule has 2 fully saturated rings. The molecule has 1 saturated heterocycles. The van der Waals surface area contributed by atoms with Crippen molar-refractivity contribution in [3.05, 3.63) is 0 Å². The molecule has 1 atom stereocenters. The van der Waals surface area contributed by atoms with Crippen LogP contribution in [0, 0.1) is 5.92 Å². The van der Waals surface area contributed by atoms with E-state index in [0.29, 0.717) is 24.5 Å². The van der Waals surface area contributed by atoms with Gasteiger partial charge in [0.15, 0.2) is 0 Å². The second-order valence-electron chi connectivity index (χ2n) is 4.97. The van der Waals surface area contributed by atoms with Crippen LogP contribution in [0.15, 0.2) is 0 Å². The fraction of sp³-hybridized carbons (Fsp3) is 0.917. The van der Waals surface area contributed by atoms with Crippen molar-refractivity contribution >= 4 is 5.91 Å². The van der Waals surface area contributed by atoms with Crippen molar-refractivity contribution in [3.63, 3.8) is 0 Å². The summed E-state index contributed by atoms with van der Waals surface area (Å²) in [4.78, 5) is 18.9. The highest BCUT2D eigenvalue weighted by Gasteiger charge is 2.33. The number of rotatable bonds is 4. The van der Waals surface area contributed by atoms with E-state index in [9.17, 15) is 4.79 Å². The normalized spacial score (nSPS) is 26.6. The standard InChI is InChI=1S/C12H22N2O2/c13-16-9-7-11-6-1-2-8-14(11)12(15)10-4-3-5-10/h10-11H,1-9,13H2. The number of amides is 1. The van der Waals surface area contributed by atoms with Crippen LogP contribution in [-0.2, 0) is 9.63 Å². The lowest BCUT2D eigenvalue weighted by atomic mass is 9.83. The van der Waals surface area contributed by atoms with Gasteiger partial charge in [-0.15, -0.1) is 0 Å². The molecular weight excluding hydrogens is 204 g/mol. The molecule has 92 valence electrons. The van der Waals surface area contributed by atoms with Gasteiger partial charge in [0.05, 0.1) is 6.61 Å². The molecule has 1 aliphatic carbocycles. The second kappa shape index (κ2) is 5.64. The Morgan fingerprint density at radius 1 is 1.25 bits per heavy atom. The third-order valence-electron chi connectivity index (χ3n) is 3.93. The van der Waals surface area contributed by atoms with E-state index in [4.69, 9.17) is 5.90 Å². The van der Waals surface area contributed by atoms with Crippen molar-refractivity contribution in [1.82, 2.24) is 4.90 Å². The van der Waals surface area contributed by atoms with Crippen LogP contribution in [0.25, 0.3) is 0 Å². The second-order valence-corrected chi connectivity index (χ2v) is 4.97. The van der Waals surface area contributed by atoms with E-state index >= 15 is 0 Å². The molecule has 0 aromatic rings. The van der Waals surface area contributed by atoms with Gasteiger partial charge in [-0.3, -0.25) is 4.79 Å². The van der Waals surface area contributed by atoms with E-state index in [-0.39, 0.29) is 0 Å². The van der Waals surface area contributed by atoms with Crippen LogP contribution in [0.2, 0.25) is 0 Å². The molecule has 1 heterocycles. The predicted molar refractivity (Wildman–Crippen MR) is 61.4 cm³/mol. The van der Waals surface area contributed by atoms with Crippen molar-refractivity contribution in [3.8, 4) is 0 Å². The van der Waals surface area contributed by atoms with Crippen molar-refractivity contribution in [2.24, 2.45) is 11.8 Å². The highest BCUT2D eigenvalue weighted by molar-refractivity contribution is 5.80. The molecule has 0 radical (unpaired) electrons. The smallest absolute Gasteiger partial charge is 0.225 e. The van der Waals surface area contributed by atoms with Crippen LogP contribution in [0.5, 0.6) is 0 Å². The minimum Gasteiger partial charge on any atom is -0.339 e. The molecule has 16 heavy (non-hydrogen) atoms. The van der Waals surface area contributed by atoms with Gasteiger partial charge in [0.1, 0.15) is 0 Å². The van der Waals surface area contributed by atoms with E-state index in [1.807, 2.05) is 0 Å². The van der Waals surface area contributed by atoms with Gasteiger partial charge in [0.25, 0.3) is 0 Å². The number of carbonyl (C=O) groups excluding carboxylic acids is 1. The molecular formula is C12H22N2O2. The lowest BCUT2D eigenvalue weighted by Gasteiger charge is -2.39. The first kappa shape index (κ1) is 11.9. The largest absolute Gasteiger partial charge is 0.339 e. The molecule has 4 nitrogen and oxygen atoms in total. The van der Waals surface area contributed by atoms with Crippen molar-refractivity contribution < 1.29 is 9.63 Å².